The van der Waals surface area contributed by atoms with E-state index in [0.717, 1.165) is 25.7 Å². The zero-order valence-corrected chi connectivity index (χ0v) is 17.3. The fraction of sp³-hybridized carbons (Fsp3) is 0.308. The van der Waals surface area contributed by atoms with Gasteiger partial charge in [-0.2, -0.15) is 0 Å². The quantitative estimate of drug-likeness (QED) is 0.362. The first kappa shape index (κ1) is 21.6. The van der Waals surface area contributed by atoms with Gasteiger partial charge in [-0.25, -0.2) is 4.79 Å². The number of nitrogens with one attached hydrogen (secondary N) is 1. The Bertz CT molecular complexity index is 996. The monoisotopic (exact) mass is 403 g/mol. The number of amides is 1. The first-order valence-corrected chi connectivity index (χ1v) is 10.7. The summed E-state index contributed by atoms with van der Waals surface area (Å²) < 4.78 is 0. The number of rotatable bonds is 11. The highest BCUT2D eigenvalue weighted by Gasteiger charge is 2.11. The van der Waals surface area contributed by atoms with Crippen molar-refractivity contribution in [1.82, 2.24) is 0 Å². The Kier molecular flexibility index (Phi) is 8.02. The number of anilines is 1. The van der Waals surface area contributed by atoms with Gasteiger partial charge in [-0.3, -0.25) is 4.79 Å². The second kappa shape index (κ2) is 11.1. The summed E-state index contributed by atoms with van der Waals surface area (Å²) in [7, 11) is 0. The Morgan fingerprint density at radius 3 is 2.20 bits per heavy atom. The van der Waals surface area contributed by atoms with Crippen LogP contribution in [0.25, 0.3) is 10.8 Å². The molecule has 0 aliphatic carbocycles. The maximum atomic E-state index is 12.1. The van der Waals surface area contributed by atoms with Crippen molar-refractivity contribution < 1.29 is 14.7 Å². The van der Waals surface area contributed by atoms with E-state index in [1.165, 1.54) is 41.7 Å². The Morgan fingerprint density at radius 2 is 1.40 bits per heavy atom. The fourth-order valence-electron chi connectivity index (χ4n) is 3.71. The number of carbonyl (C=O) groups is 2. The molecule has 0 unspecified atom stereocenters. The zero-order valence-electron chi connectivity index (χ0n) is 17.3. The summed E-state index contributed by atoms with van der Waals surface area (Å²) in [6.45, 7) is 0. The van der Waals surface area contributed by atoms with Crippen LogP contribution >= 0.6 is 0 Å². The van der Waals surface area contributed by atoms with Crippen LogP contribution in [-0.2, 0) is 11.2 Å². The smallest absolute Gasteiger partial charge is 0.337 e. The second-order valence-corrected chi connectivity index (χ2v) is 7.70. The van der Waals surface area contributed by atoms with Crippen molar-refractivity contribution in [3.63, 3.8) is 0 Å². The highest BCUT2D eigenvalue weighted by atomic mass is 16.4. The molecular weight excluding hydrogens is 374 g/mol. The van der Waals surface area contributed by atoms with E-state index in [1.807, 2.05) is 0 Å². The van der Waals surface area contributed by atoms with Crippen molar-refractivity contribution in [3.8, 4) is 0 Å². The number of hydrogen-bond donors (Lipinski definition) is 2. The summed E-state index contributed by atoms with van der Waals surface area (Å²) in [4.78, 5) is 23.3. The molecule has 3 rings (SSSR count). The van der Waals surface area contributed by atoms with Crippen LogP contribution in [-0.4, -0.2) is 17.0 Å². The Labute approximate surface area is 177 Å². The van der Waals surface area contributed by atoms with E-state index in [2.05, 4.69) is 47.8 Å². The van der Waals surface area contributed by atoms with E-state index in [9.17, 15) is 9.59 Å². The number of carboxylic acids is 1. The Balaban J connectivity index is 1.27. The lowest BCUT2D eigenvalue weighted by atomic mass is 10.0. The third-order valence-electron chi connectivity index (χ3n) is 5.36. The van der Waals surface area contributed by atoms with Gasteiger partial charge in [0.2, 0.25) is 5.91 Å². The molecule has 0 radical (unpaired) electrons. The molecule has 0 spiro atoms. The molecule has 0 saturated carbocycles. The molecule has 0 bridgehead atoms. The van der Waals surface area contributed by atoms with Crippen molar-refractivity contribution in [2.24, 2.45) is 0 Å². The van der Waals surface area contributed by atoms with Gasteiger partial charge in [0.15, 0.2) is 0 Å². The highest BCUT2D eigenvalue weighted by molar-refractivity contribution is 6.00. The summed E-state index contributed by atoms with van der Waals surface area (Å²) >= 11 is 0. The van der Waals surface area contributed by atoms with Crippen molar-refractivity contribution in [2.45, 2.75) is 51.4 Å². The van der Waals surface area contributed by atoms with Gasteiger partial charge >= 0.3 is 5.97 Å². The maximum absolute atomic E-state index is 12.1. The predicted octanol–water partition coefficient (Wildman–Crippen LogP) is 6.45. The predicted molar refractivity (Wildman–Crippen MR) is 122 cm³/mol. The largest absolute Gasteiger partial charge is 0.478 e. The number of aryl methyl sites for hydroxylation is 1. The molecule has 0 aromatic heterocycles. The summed E-state index contributed by atoms with van der Waals surface area (Å²) in [5.41, 5.74) is 1.88. The number of carbonyl (C=O) groups excluding carboxylic acids is 1. The van der Waals surface area contributed by atoms with Gasteiger partial charge in [-0.05, 0) is 47.7 Å². The van der Waals surface area contributed by atoms with E-state index in [4.69, 9.17) is 5.11 Å². The lowest BCUT2D eigenvalue weighted by Crippen LogP contribution is -2.14. The van der Waals surface area contributed by atoms with Gasteiger partial charge in [0.1, 0.15) is 0 Å². The molecule has 0 aliphatic heterocycles. The molecule has 2 N–H and O–H groups in total. The van der Waals surface area contributed by atoms with Crippen LogP contribution in [0.15, 0.2) is 66.7 Å². The number of fused-ring (bicyclic) bond motifs is 1. The molecule has 0 atom stereocenters. The topological polar surface area (TPSA) is 66.4 Å². The number of benzene rings is 3. The molecule has 0 fully saturated rings. The van der Waals surface area contributed by atoms with Gasteiger partial charge in [-0.15, -0.1) is 0 Å². The van der Waals surface area contributed by atoms with Gasteiger partial charge in [-0.1, -0.05) is 80.3 Å². The molecule has 0 saturated heterocycles. The average molecular weight is 404 g/mol. The number of unbranched alkanes of at least 4 members (excludes halogenated alkanes) is 5. The molecular formula is C26H29NO3. The molecule has 0 heterocycles. The highest BCUT2D eigenvalue weighted by Crippen LogP contribution is 2.18. The van der Waals surface area contributed by atoms with E-state index in [0.29, 0.717) is 12.1 Å². The SMILES string of the molecule is O=C(CCCCCCCCc1ccc2ccccc2c1)Nc1ccccc1C(=O)O. The summed E-state index contributed by atoms with van der Waals surface area (Å²) in [5, 5.41) is 14.5. The van der Waals surface area contributed by atoms with Crippen LogP contribution in [0.5, 0.6) is 0 Å². The molecule has 4 heteroatoms. The Hall–Kier alpha value is -3.14. The number of aromatic carboxylic acids is 1. The van der Waals surface area contributed by atoms with Gasteiger partial charge in [0.25, 0.3) is 0 Å². The minimum absolute atomic E-state index is 0.122. The summed E-state index contributed by atoms with van der Waals surface area (Å²) in [6, 6.07) is 21.7. The summed E-state index contributed by atoms with van der Waals surface area (Å²) in [6.07, 6.45) is 8.06. The van der Waals surface area contributed by atoms with Crippen LogP contribution in [0, 0.1) is 0 Å². The molecule has 3 aromatic carbocycles. The molecule has 4 nitrogen and oxygen atoms in total. The minimum Gasteiger partial charge on any atom is -0.478 e. The molecule has 3 aromatic rings. The third kappa shape index (κ3) is 6.45. The molecule has 156 valence electrons. The van der Waals surface area contributed by atoms with Crippen molar-refractivity contribution in [3.05, 3.63) is 77.9 Å². The fourth-order valence-corrected chi connectivity index (χ4v) is 3.71. The Morgan fingerprint density at radius 1 is 0.733 bits per heavy atom. The normalized spacial score (nSPS) is 10.8. The number of carboxylic acid groups (broad SMARTS) is 1. The average Bonchev–Trinajstić information content (AvgIpc) is 2.75. The van der Waals surface area contributed by atoms with Crippen molar-refractivity contribution >= 4 is 28.3 Å². The van der Waals surface area contributed by atoms with Gasteiger partial charge in [0.05, 0.1) is 11.3 Å². The van der Waals surface area contributed by atoms with Gasteiger partial charge in [0, 0.05) is 6.42 Å². The van der Waals surface area contributed by atoms with E-state index in [1.54, 1.807) is 18.2 Å². The minimum atomic E-state index is -1.03. The lowest BCUT2D eigenvalue weighted by Gasteiger charge is -2.08. The van der Waals surface area contributed by atoms with Crippen LogP contribution in [0.4, 0.5) is 5.69 Å². The van der Waals surface area contributed by atoms with Crippen LogP contribution in [0.3, 0.4) is 0 Å². The standard InChI is InChI=1S/C26H29NO3/c28-25(27-24-15-10-9-14-23(24)26(29)30)16-6-4-2-1-3-5-11-20-17-18-21-12-7-8-13-22(21)19-20/h7-10,12-15,17-19H,1-6,11,16H2,(H,27,28)(H,29,30). The van der Waals surface area contributed by atoms with Crippen LogP contribution in [0.1, 0.15) is 60.9 Å². The van der Waals surface area contributed by atoms with Crippen molar-refractivity contribution in [1.29, 1.82) is 0 Å². The first-order chi connectivity index (χ1) is 14.6. The van der Waals surface area contributed by atoms with Gasteiger partial charge < -0.3 is 10.4 Å². The second-order valence-electron chi connectivity index (χ2n) is 7.70. The maximum Gasteiger partial charge on any atom is 0.337 e. The zero-order chi connectivity index (χ0) is 21.2. The molecule has 30 heavy (non-hydrogen) atoms. The number of para-hydroxylation sites is 1. The molecule has 1 amide bonds. The molecule has 0 aliphatic rings. The number of hydrogen-bond acceptors (Lipinski definition) is 2. The van der Waals surface area contributed by atoms with Crippen LogP contribution in [0.2, 0.25) is 0 Å². The summed E-state index contributed by atoms with van der Waals surface area (Å²) in [5.74, 6) is -1.16. The third-order valence-corrected chi connectivity index (χ3v) is 5.36. The van der Waals surface area contributed by atoms with Crippen LogP contribution < -0.4 is 5.32 Å². The lowest BCUT2D eigenvalue weighted by molar-refractivity contribution is -0.116. The van der Waals surface area contributed by atoms with E-state index < -0.39 is 5.97 Å². The van der Waals surface area contributed by atoms with E-state index >= 15 is 0 Å². The first-order valence-electron chi connectivity index (χ1n) is 10.7. The van der Waals surface area contributed by atoms with E-state index in [-0.39, 0.29) is 11.5 Å². The van der Waals surface area contributed by atoms with Crippen molar-refractivity contribution in [2.75, 3.05) is 5.32 Å².